The van der Waals surface area contributed by atoms with Gasteiger partial charge in [0.2, 0.25) is 0 Å². The fraction of sp³-hybridized carbons (Fsp3) is 0.0732. The third kappa shape index (κ3) is 5.51. The van der Waals surface area contributed by atoms with Crippen molar-refractivity contribution < 1.29 is 28.5 Å². The number of carbonyl (C=O) groups is 2. The van der Waals surface area contributed by atoms with Crippen LogP contribution in [0.3, 0.4) is 0 Å². The van der Waals surface area contributed by atoms with Gasteiger partial charge >= 0.3 is 12.3 Å². The summed E-state index contributed by atoms with van der Waals surface area (Å²) >= 11 is 0. The number of hydrogen-bond acceptors (Lipinski definition) is 6. The van der Waals surface area contributed by atoms with Crippen molar-refractivity contribution in [1.82, 2.24) is 0 Å². The Hall–Kier alpha value is -6.14. The van der Waals surface area contributed by atoms with Crippen molar-refractivity contribution in [3.05, 3.63) is 179 Å². The van der Waals surface area contributed by atoms with Crippen LogP contribution in [0.25, 0.3) is 11.1 Å². The number of hydrogen-bond donors (Lipinski definition) is 0. The Morgan fingerprint density at radius 3 is 1.23 bits per heavy atom. The van der Waals surface area contributed by atoms with Gasteiger partial charge in [0.1, 0.15) is 23.0 Å². The van der Waals surface area contributed by atoms with E-state index in [9.17, 15) is 9.59 Å². The quantitative estimate of drug-likeness (QED) is 0.136. The Bertz CT molecular complexity index is 1950. The summed E-state index contributed by atoms with van der Waals surface area (Å²) in [6.45, 7) is 3.82. The molecule has 0 bridgehead atoms. The summed E-state index contributed by atoms with van der Waals surface area (Å²) in [6, 6.07) is 46.1. The maximum Gasteiger partial charge on any atom is 0.519 e. The normalized spacial score (nSPS) is 12.4. The lowest BCUT2D eigenvalue weighted by Gasteiger charge is -2.34. The first-order chi connectivity index (χ1) is 22.9. The van der Waals surface area contributed by atoms with Crippen LogP contribution in [0.1, 0.15) is 33.4 Å². The van der Waals surface area contributed by atoms with Gasteiger partial charge in [0.25, 0.3) is 0 Å². The van der Waals surface area contributed by atoms with Gasteiger partial charge < -0.3 is 18.9 Å². The molecule has 1 aliphatic carbocycles. The first-order valence-electron chi connectivity index (χ1n) is 15.2. The van der Waals surface area contributed by atoms with E-state index in [1.54, 1.807) is 48.5 Å². The van der Waals surface area contributed by atoms with Crippen molar-refractivity contribution in [2.75, 3.05) is 0 Å². The second-order valence-electron chi connectivity index (χ2n) is 11.3. The summed E-state index contributed by atoms with van der Waals surface area (Å²) in [6.07, 6.45) is -1.62. The maximum absolute atomic E-state index is 12.6. The molecule has 1 aliphatic rings. The molecule has 0 atom stereocenters. The molecule has 47 heavy (non-hydrogen) atoms. The SMILES string of the molecule is Cc1cc(C2(c3ccc(OC(=O)Oc4ccccc4)c(C)c3)c3ccccc3-c3ccccc32)ccc1OC(=O)Oc1ccccc1. The summed E-state index contributed by atoms with van der Waals surface area (Å²) in [4.78, 5) is 25.3. The molecule has 0 aromatic heterocycles. The molecule has 6 heteroatoms. The van der Waals surface area contributed by atoms with Gasteiger partial charge in [-0.2, -0.15) is 0 Å². The van der Waals surface area contributed by atoms with Crippen LogP contribution >= 0.6 is 0 Å². The highest BCUT2D eigenvalue weighted by atomic mass is 16.7. The van der Waals surface area contributed by atoms with E-state index >= 15 is 0 Å². The van der Waals surface area contributed by atoms with E-state index < -0.39 is 17.7 Å². The zero-order valence-electron chi connectivity index (χ0n) is 25.8. The Morgan fingerprint density at radius 2 is 0.830 bits per heavy atom. The minimum atomic E-state index is -0.810. The first-order valence-corrected chi connectivity index (χ1v) is 15.2. The van der Waals surface area contributed by atoms with Crippen LogP contribution in [0.2, 0.25) is 0 Å². The molecule has 6 nitrogen and oxygen atoms in total. The van der Waals surface area contributed by atoms with Crippen LogP contribution in [-0.4, -0.2) is 12.3 Å². The van der Waals surface area contributed by atoms with E-state index in [0.717, 1.165) is 44.5 Å². The van der Waals surface area contributed by atoms with Crippen LogP contribution in [0.5, 0.6) is 23.0 Å². The molecule has 0 unspecified atom stereocenters. The Kier molecular flexibility index (Phi) is 7.76. The summed E-state index contributed by atoms with van der Waals surface area (Å²) in [5, 5.41) is 0. The van der Waals surface area contributed by atoms with Gasteiger partial charge in [-0.15, -0.1) is 0 Å². The van der Waals surface area contributed by atoms with E-state index in [1.807, 2.05) is 74.5 Å². The van der Waals surface area contributed by atoms with Gasteiger partial charge in [-0.1, -0.05) is 109 Å². The minimum absolute atomic E-state index is 0.404. The van der Waals surface area contributed by atoms with Crippen LogP contribution in [-0.2, 0) is 5.41 Å². The van der Waals surface area contributed by atoms with Crippen LogP contribution in [0, 0.1) is 13.8 Å². The van der Waals surface area contributed by atoms with Crippen LogP contribution in [0.4, 0.5) is 9.59 Å². The molecule has 6 aromatic carbocycles. The number of aryl methyl sites for hydroxylation is 2. The smallest absolute Gasteiger partial charge is 0.395 e. The van der Waals surface area contributed by atoms with Crippen molar-refractivity contribution in [1.29, 1.82) is 0 Å². The van der Waals surface area contributed by atoms with Crippen molar-refractivity contribution in [3.63, 3.8) is 0 Å². The number of para-hydroxylation sites is 2. The number of carbonyl (C=O) groups excluding carboxylic acids is 2. The molecule has 0 saturated carbocycles. The first kappa shape index (κ1) is 29.6. The van der Waals surface area contributed by atoms with Gasteiger partial charge in [-0.25, -0.2) is 9.59 Å². The zero-order valence-corrected chi connectivity index (χ0v) is 25.8. The average Bonchev–Trinajstić information content (AvgIpc) is 3.39. The number of benzene rings is 6. The van der Waals surface area contributed by atoms with Crippen LogP contribution < -0.4 is 18.9 Å². The van der Waals surface area contributed by atoms with Gasteiger partial charge in [0.15, 0.2) is 0 Å². The largest absolute Gasteiger partial charge is 0.519 e. The average molecular weight is 619 g/mol. The number of ether oxygens (including phenoxy) is 4. The molecule has 0 fully saturated rings. The van der Waals surface area contributed by atoms with Crippen molar-refractivity contribution in [2.24, 2.45) is 0 Å². The molecular formula is C41H30O6. The Balaban J connectivity index is 1.29. The molecule has 230 valence electrons. The highest BCUT2D eigenvalue weighted by Gasteiger charge is 2.46. The lowest BCUT2D eigenvalue weighted by atomic mass is 9.67. The van der Waals surface area contributed by atoms with E-state index in [1.165, 1.54) is 0 Å². The van der Waals surface area contributed by atoms with E-state index in [0.29, 0.717) is 23.0 Å². The van der Waals surface area contributed by atoms with Gasteiger partial charge in [0.05, 0.1) is 5.41 Å². The molecule has 0 spiro atoms. The molecule has 0 saturated heterocycles. The van der Waals surface area contributed by atoms with Gasteiger partial charge in [0, 0.05) is 0 Å². The molecular weight excluding hydrogens is 588 g/mol. The summed E-state index contributed by atoms with van der Waals surface area (Å²) in [5.41, 5.74) is 7.33. The van der Waals surface area contributed by atoms with Crippen molar-refractivity contribution >= 4 is 12.3 Å². The van der Waals surface area contributed by atoms with E-state index in [-0.39, 0.29) is 0 Å². The standard InChI is InChI=1S/C41H30O6/c1-27-25-29(21-23-37(27)46-39(42)44-31-13-5-3-6-14-31)41(35-19-11-9-17-33(35)34-18-10-12-20-36(34)41)30-22-24-38(28(2)26-30)47-40(43)45-32-15-7-4-8-16-32/h3-26H,1-2H3. The summed E-state index contributed by atoms with van der Waals surface area (Å²) in [5.74, 6) is 1.62. The van der Waals surface area contributed by atoms with Crippen molar-refractivity contribution in [3.8, 4) is 34.1 Å². The second kappa shape index (κ2) is 12.3. The van der Waals surface area contributed by atoms with E-state index in [2.05, 4.69) is 36.4 Å². The zero-order chi connectivity index (χ0) is 32.4. The molecule has 0 heterocycles. The second-order valence-corrected chi connectivity index (χ2v) is 11.3. The Morgan fingerprint density at radius 1 is 0.447 bits per heavy atom. The van der Waals surface area contributed by atoms with Crippen molar-refractivity contribution in [2.45, 2.75) is 19.3 Å². The molecule has 6 aromatic rings. The molecule has 7 rings (SSSR count). The topological polar surface area (TPSA) is 71.1 Å². The summed E-state index contributed by atoms with van der Waals surface area (Å²) < 4.78 is 22.0. The fourth-order valence-electron chi connectivity index (χ4n) is 6.41. The molecule has 0 N–H and O–H groups in total. The fourth-order valence-corrected chi connectivity index (χ4v) is 6.41. The molecule has 0 aliphatic heterocycles. The minimum Gasteiger partial charge on any atom is -0.395 e. The van der Waals surface area contributed by atoms with Crippen LogP contribution in [0.15, 0.2) is 146 Å². The molecule has 0 radical (unpaired) electrons. The predicted molar refractivity (Wildman–Crippen MR) is 179 cm³/mol. The highest BCUT2D eigenvalue weighted by molar-refractivity contribution is 5.86. The lowest BCUT2D eigenvalue weighted by Crippen LogP contribution is -2.29. The van der Waals surface area contributed by atoms with Gasteiger partial charge in [-0.3, -0.25) is 0 Å². The number of fused-ring (bicyclic) bond motifs is 3. The predicted octanol–water partition coefficient (Wildman–Crippen LogP) is 9.82. The lowest BCUT2D eigenvalue weighted by molar-refractivity contribution is 0.150. The number of rotatable bonds is 6. The maximum atomic E-state index is 12.6. The van der Waals surface area contributed by atoms with Gasteiger partial charge in [-0.05, 0) is 94.8 Å². The highest BCUT2D eigenvalue weighted by Crippen LogP contribution is 2.56. The third-order valence-electron chi connectivity index (χ3n) is 8.44. The monoisotopic (exact) mass is 618 g/mol. The summed E-state index contributed by atoms with van der Waals surface area (Å²) in [7, 11) is 0. The Labute approximate surface area is 272 Å². The van der Waals surface area contributed by atoms with E-state index in [4.69, 9.17) is 18.9 Å². The molecule has 0 amide bonds. The third-order valence-corrected chi connectivity index (χ3v) is 8.44.